The Morgan fingerprint density at radius 1 is 1.57 bits per heavy atom. The Labute approximate surface area is 85.5 Å². The predicted octanol–water partition coefficient (Wildman–Crippen LogP) is 1.21. The van der Waals surface area contributed by atoms with Crippen molar-refractivity contribution in [2.75, 3.05) is 11.9 Å². The zero-order valence-corrected chi connectivity index (χ0v) is 9.20. The third kappa shape index (κ3) is 3.03. The predicted molar refractivity (Wildman–Crippen MR) is 59.1 cm³/mol. The van der Waals surface area contributed by atoms with Crippen LogP contribution in [0.15, 0.2) is 12.3 Å². The van der Waals surface area contributed by atoms with Gasteiger partial charge < -0.3 is 11.1 Å². The van der Waals surface area contributed by atoms with Crippen molar-refractivity contribution >= 4 is 5.82 Å². The normalized spacial score (nSPS) is 13.2. The molecule has 80 valence electrons. The van der Waals surface area contributed by atoms with Gasteiger partial charge in [-0.05, 0) is 12.3 Å². The Morgan fingerprint density at radius 3 is 2.79 bits per heavy atom. The van der Waals surface area contributed by atoms with E-state index in [2.05, 4.69) is 24.3 Å². The summed E-state index contributed by atoms with van der Waals surface area (Å²) in [7, 11) is 1.92. The van der Waals surface area contributed by atoms with Gasteiger partial charge >= 0.3 is 0 Å². The van der Waals surface area contributed by atoms with E-state index < -0.39 is 0 Å². The average Bonchev–Trinajstić information content (AvgIpc) is 2.51. The van der Waals surface area contributed by atoms with Gasteiger partial charge in [0.15, 0.2) is 0 Å². The van der Waals surface area contributed by atoms with E-state index in [1.807, 2.05) is 17.8 Å². The van der Waals surface area contributed by atoms with Crippen molar-refractivity contribution in [2.45, 2.75) is 26.3 Å². The lowest BCUT2D eigenvalue weighted by Crippen LogP contribution is -2.28. The molecule has 0 aliphatic rings. The first-order valence-electron chi connectivity index (χ1n) is 5.08. The van der Waals surface area contributed by atoms with Crippen molar-refractivity contribution in [3.63, 3.8) is 0 Å². The van der Waals surface area contributed by atoms with Gasteiger partial charge in [-0.1, -0.05) is 13.8 Å². The number of hydrogen-bond acceptors (Lipinski definition) is 3. The first kappa shape index (κ1) is 11.0. The topological polar surface area (TPSA) is 55.9 Å². The molecule has 0 bridgehead atoms. The van der Waals surface area contributed by atoms with Crippen molar-refractivity contribution in [2.24, 2.45) is 18.7 Å². The molecule has 3 N–H and O–H groups in total. The Morgan fingerprint density at radius 2 is 2.29 bits per heavy atom. The molecule has 1 unspecified atom stereocenters. The number of nitrogens with zero attached hydrogens (tertiary/aromatic N) is 2. The van der Waals surface area contributed by atoms with Crippen LogP contribution >= 0.6 is 0 Å². The Hall–Kier alpha value is -1.03. The Kier molecular flexibility index (Phi) is 3.95. The van der Waals surface area contributed by atoms with Crippen LogP contribution in [0.25, 0.3) is 0 Å². The largest absolute Gasteiger partial charge is 0.370 e. The number of anilines is 1. The molecule has 0 radical (unpaired) electrons. The van der Waals surface area contributed by atoms with E-state index in [-0.39, 0.29) is 6.04 Å². The first-order valence-corrected chi connectivity index (χ1v) is 5.08. The van der Waals surface area contributed by atoms with E-state index in [9.17, 15) is 0 Å². The van der Waals surface area contributed by atoms with Crippen LogP contribution in [-0.2, 0) is 7.05 Å². The van der Waals surface area contributed by atoms with Gasteiger partial charge in [-0.25, -0.2) is 0 Å². The summed E-state index contributed by atoms with van der Waals surface area (Å²) in [6.07, 6.45) is 2.77. The second-order valence-electron chi connectivity index (χ2n) is 3.96. The lowest BCUT2D eigenvalue weighted by molar-refractivity contribution is 0.473. The van der Waals surface area contributed by atoms with Crippen molar-refractivity contribution in [1.29, 1.82) is 0 Å². The van der Waals surface area contributed by atoms with Crippen molar-refractivity contribution in [3.8, 4) is 0 Å². The van der Waals surface area contributed by atoms with E-state index >= 15 is 0 Å². The van der Waals surface area contributed by atoms with E-state index in [1.54, 1.807) is 6.20 Å². The summed E-state index contributed by atoms with van der Waals surface area (Å²) in [4.78, 5) is 0. The molecule has 0 aliphatic carbocycles. The second kappa shape index (κ2) is 5.00. The van der Waals surface area contributed by atoms with Gasteiger partial charge in [0.1, 0.15) is 5.82 Å². The van der Waals surface area contributed by atoms with Gasteiger partial charge in [0.05, 0.1) is 6.20 Å². The maximum Gasteiger partial charge on any atom is 0.123 e. The van der Waals surface area contributed by atoms with E-state index in [0.29, 0.717) is 5.92 Å². The van der Waals surface area contributed by atoms with E-state index in [4.69, 9.17) is 5.73 Å². The fourth-order valence-corrected chi connectivity index (χ4v) is 1.25. The van der Waals surface area contributed by atoms with Gasteiger partial charge in [-0.2, -0.15) is 5.10 Å². The third-order valence-corrected chi connectivity index (χ3v) is 2.46. The zero-order valence-electron chi connectivity index (χ0n) is 9.20. The molecule has 0 spiro atoms. The van der Waals surface area contributed by atoms with Crippen LogP contribution in [0.3, 0.4) is 0 Å². The molecule has 0 aromatic carbocycles. The van der Waals surface area contributed by atoms with Crippen molar-refractivity contribution in [1.82, 2.24) is 9.78 Å². The highest BCUT2D eigenvalue weighted by Crippen LogP contribution is 2.06. The molecule has 4 heteroatoms. The molecule has 0 amide bonds. The standard InChI is InChI=1S/C10H20N4/c1-8(2)9(11)4-6-12-10-5-7-13-14(10)3/h5,7-9,12H,4,6,11H2,1-3H3. The average molecular weight is 196 g/mol. The molecule has 4 nitrogen and oxygen atoms in total. The molecule has 14 heavy (non-hydrogen) atoms. The summed E-state index contributed by atoms with van der Waals surface area (Å²) in [5.74, 6) is 1.59. The van der Waals surface area contributed by atoms with Crippen LogP contribution in [0, 0.1) is 5.92 Å². The Bertz CT molecular complexity index is 267. The fourth-order valence-electron chi connectivity index (χ4n) is 1.25. The maximum atomic E-state index is 5.93. The molecule has 0 saturated carbocycles. The lowest BCUT2D eigenvalue weighted by Gasteiger charge is -2.15. The van der Waals surface area contributed by atoms with Gasteiger partial charge in [0, 0.05) is 25.7 Å². The second-order valence-corrected chi connectivity index (χ2v) is 3.96. The maximum absolute atomic E-state index is 5.93. The van der Waals surface area contributed by atoms with Gasteiger partial charge in [-0.15, -0.1) is 0 Å². The molecule has 1 heterocycles. The SMILES string of the molecule is CC(C)C(N)CCNc1ccnn1C. The molecule has 1 rings (SSSR count). The van der Waals surface area contributed by atoms with Crippen molar-refractivity contribution in [3.05, 3.63) is 12.3 Å². The minimum Gasteiger partial charge on any atom is -0.370 e. The molecule has 0 aliphatic heterocycles. The summed E-state index contributed by atoms with van der Waals surface area (Å²) in [6.45, 7) is 5.20. The van der Waals surface area contributed by atoms with Gasteiger partial charge in [0.25, 0.3) is 0 Å². The quantitative estimate of drug-likeness (QED) is 0.744. The van der Waals surface area contributed by atoms with Gasteiger partial charge in [-0.3, -0.25) is 4.68 Å². The van der Waals surface area contributed by atoms with Crippen LogP contribution in [0.5, 0.6) is 0 Å². The van der Waals surface area contributed by atoms with Gasteiger partial charge in [0.2, 0.25) is 0 Å². The summed E-state index contributed by atoms with van der Waals surface area (Å²) < 4.78 is 1.82. The summed E-state index contributed by atoms with van der Waals surface area (Å²) in [6, 6.07) is 2.23. The highest BCUT2D eigenvalue weighted by atomic mass is 15.3. The molecule has 0 saturated heterocycles. The zero-order chi connectivity index (χ0) is 10.6. The molecule has 0 fully saturated rings. The highest BCUT2D eigenvalue weighted by Gasteiger charge is 2.06. The number of nitrogens with two attached hydrogens (primary N) is 1. The number of nitrogens with one attached hydrogen (secondary N) is 1. The number of rotatable bonds is 5. The molecule has 1 atom stereocenters. The van der Waals surface area contributed by atoms with Crippen molar-refractivity contribution < 1.29 is 0 Å². The molecule has 1 aromatic rings. The van der Waals surface area contributed by atoms with Crippen LogP contribution < -0.4 is 11.1 Å². The molecule has 1 aromatic heterocycles. The van der Waals surface area contributed by atoms with Crippen LogP contribution in [0.1, 0.15) is 20.3 Å². The monoisotopic (exact) mass is 196 g/mol. The van der Waals surface area contributed by atoms with Crippen LogP contribution in [0.2, 0.25) is 0 Å². The third-order valence-electron chi connectivity index (χ3n) is 2.46. The minimum atomic E-state index is 0.274. The van der Waals surface area contributed by atoms with E-state index in [0.717, 1.165) is 18.8 Å². The molecular formula is C10H20N4. The first-order chi connectivity index (χ1) is 6.61. The van der Waals surface area contributed by atoms with Crippen LogP contribution in [-0.4, -0.2) is 22.4 Å². The summed E-state index contributed by atoms with van der Waals surface area (Å²) >= 11 is 0. The van der Waals surface area contributed by atoms with Crippen LogP contribution in [0.4, 0.5) is 5.82 Å². The fraction of sp³-hybridized carbons (Fsp3) is 0.700. The smallest absolute Gasteiger partial charge is 0.123 e. The minimum absolute atomic E-state index is 0.274. The highest BCUT2D eigenvalue weighted by molar-refractivity contribution is 5.33. The number of aromatic nitrogens is 2. The number of hydrogen-bond donors (Lipinski definition) is 2. The summed E-state index contributed by atoms with van der Waals surface area (Å²) in [5.41, 5.74) is 5.93. The number of aryl methyl sites for hydroxylation is 1. The molecular weight excluding hydrogens is 176 g/mol. The Balaban J connectivity index is 2.25. The van der Waals surface area contributed by atoms with E-state index in [1.165, 1.54) is 0 Å². The lowest BCUT2D eigenvalue weighted by atomic mass is 10.0. The summed E-state index contributed by atoms with van der Waals surface area (Å²) in [5, 5.41) is 7.37.